The number of nitrogens with zero attached hydrogens (tertiary/aromatic N) is 2. The van der Waals surface area contributed by atoms with E-state index >= 15 is 0 Å². The fourth-order valence-corrected chi connectivity index (χ4v) is 1.81. The van der Waals surface area contributed by atoms with Gasteiger partial charge in [0, 0.05) is 18.8 Å². The number of hydrogen-bond donors (Lipinski definition) is 1. The van der Waals surface area contributed by atoms with E-state index in [0.29, 0.717) is 6.04 Å². The summed E-state index contributed by atoms with van der Waals surface area (Å²) in [5, 5.41) is 7.80. The molecule has 1 aromatic rings. The van der Waals surface area contributed by atoms with Crippen LogP contribution in [0.1, 0.15) is 45.1 Å². The van der Waals surface area contributed by atoms with Crippen molar-refractivity contribution in [1.29, 1.82) is 0 Å². The summed E-state index contributed by atoms with van der Waals surface area (Å²) in [7, 11) is 0. The van der Waals surface area contributed by atoms with Crippen molar-refractivity contribution >= 4 is 0 Å². The van der Waals surface area contributed by atoms with Crippen molar-refractivity contribution in [3.05, 3.63) is 18.0 Å². The average Bonchev–Trinajstić information content (AvgIpc) is 2.67. The Labute approximate surface area is 99.2 Å². The summed E-state index contributed by atoms with van der Waals surface area (Å²) in [4.78, 5) is 0. The topological polar surface area (TPSA) is 29.9 Å². The minimum atomic E-state index is 0.652. The lowest BCUT2D eigenvalue weighted by atomic mass is 10.1. The van der Waals surface area contributed by atoms with E-state index in [1.54, 1.807) is 0 Å². The van der Waals surface area contributed by atoms with Crippen LogP contribution in [0.2, 0.25) is 0 Å². The molecule has 0 aromatic carbocycles. The molecule has 0 aliphatic heterocycles. The van der Waals surface area contributed by atoms with Crippen LogP contribution in [0.4, 0.5) is 0 Å². The van der Waals surface area contributed by atoms with Gasteiger partial charge in [-0.3, -0.25) is 4.68 Å². The number of unbranched alkanes of at least 4 members (excludes halogenated alkanes) is 1. The van der Waals surface area contributed by atoms with Crippen LogP contribution in [0.15, 0.2) is 12.4 Å². The number of nitrogens with one attached hydrogen (secondary N) is 1. The molecule has 1 N–H and O–H groups in total. The van der Waals surface area contributed by atoms with E-state index in [2.05, 4.69) is 37.4 Å². The molecule has 0 spiro atoms. The molecule has 0 bridgehead atoms. The second kappa shape index (κ2) is 7.44. The number of hydrogen-bond acceptors (Lipinski definition) is 2. The van der Waals surface area contributed by atoms with Crippen LogP contribution in [0.25, 0.3) is 0 Å². The Balaban J connectivity index is 2.03. The first-order valence-corrected chi connectivity index (χ1v) is 6.44. The predicted molar refractivity (Wildman–Crippen MR) is 68.6 cm³/mol. The SMILES string of the molecule is CCCNC(C)CCCCn1cc(C)cn1. The Hall–Kier alpha value is -0.830. The van der Waals surface area contributed by atoms with Crippen LogP contribution >= 0.6 is 0 Å². The molecule has 0 radical (unpaired) electrons. The molecule has 0 aliphatic carbocycles. The maximum absolute atomic E-state index is 4.28. The second-order valence-electron chi connectivity index (χ2n) is 4.63. The summed E-state index contributed by atoms with van der Waals surface area (Å²) in [6, 6.07) is 0.652. The molecule has 0 aliphatic rings. The van der Waals surface area contributed by atoms with E-state index < -0.39 is 0 Å². The fraction of sp³-hybridized carbons (Fsp3) is 0.769. The molecular formula is C13H25N3. The van der Waals surface area contributed by atoms with E-state index in [1.807, 2.05) is 10.9 Å². The summed E-state index contributed by atoms with van der Waals surface area (Å²) in [5.74, 6) is 0. The molecule has 0 amide bonds. The van der Waals surface area contributed by atoms with Crippen molar-refractivity contribution in [2.45, 2.75) is 59.0 Å². The molecule has 92 valence electrons. The van der Waals surface area contributed by atoms with Crippen LogP contribution in [-0.2, 0) is 6.54 Å². The van der Waals surface area contributed by atoms with Crippen LogP contribution in [0.5, 0.6) is 0 Å². The van der Waals surface area contributed by atoms with Gasteiger partial charge in [0.2, 0.25) is 0 Å². The largest absolute Gasteiger partial charge is 0.314 e. The number of aromatic nitrogens is 2. The van der Waals surface area contributed by atoms with Gasteiger partial charge in [0.1, 0.15) is 0 Å². The first-order valence-electron chi connectivity index (χ1n) is 6.44. The van der Waals surface area contributed by atoms with Gasteiger partial charge in [0.15, 0.2) is 0 Å². The minimum Gasteiger partial charge on any atom is -0.314 e. The van der Waals surface area contributed by atoms with Crippen molar-refractivity contribution in [1.82, 2.24) is 15.1 Å². The van der Waals surface area contributed by atoms with Crippen LogP contribution in [0, 0.1) is 6.92 Å². The van der Waals surface area contributed by atoms with Gasteiger partial charge in [-0.15, -0.1) is 0 Å². The second-order valence-corrected chi connectivity index (χ2v) is 4.63. The summed E-state index contributed by atoms with van der Waals surface area (Å²) >= 11 is 0. The van der Waals surface area contributed by atoms with Gasteiger partial charge < -0.3 is 5.32 Å². The average molecular weight is 223 g/mol. The normalized spacial score (nSPS) is 12.9. The Kier molecular flexibility index (Phi) is 6.16. The summed E-state index contributed by atoms with van der Waals surface area (Å²) in [5.41, 5.74) is 1.25. The minimum absolute atomic E-state index is 0.652. The Bertz CT molecular complexity index is 280. The number of rotatable bonds is 8. The first-order chi connectivity index (χ1) is 7.72. The molecule has 1 aromatic heterocycles. The summed E-state index contributed by atoms with van der Waals surface area (Å²) < 4.78 is 2.04. The molecule has 0 saturated carbocycles. The predicted octanol–water partition coefficient (Wildman–Crippen LogP) is 2.75. The van der Waals surface area contributed by atoms with Crippen LogP contribution in [-0.4, -0.2) is 22.4 Å². The van der Waals surface area contributed by atoms with E-state index in [-0.39, 0.29) is 0 Å². The molecule has 0 saturated heterocycles. The van der Waals surface area contributed by atoms with Crippen molar-refractivity contribution in [2.75, 3.05) is 6.54 Å². The standard InChI is InChI=1S/C13H25N3/c1-4-8-14-13(3)7-5-6-9-16-11-12(2)10-15-16/h10-11,13-14H,4-9H2,1-3H3. The Morgan fingerprint density at radius 2 is 2.25 bits per heavy atom. The smallest absolute Gasteiger partial charge is 0.0518 e. The third-order valence-corrected chi connectivity index (χ3v) is 2.78. The highest BCUT2D eigenvalue weighted by molar-refractivity contribution is 4.99. The molecule has 3 nitrogen and oxygen atoms in total. The molecule has 1 unspecified atom stereocenters. The molecular weight excluding hydrogens is 198 g/mol. The van der Waals surface area contributed by atoms with E-state index in [9.17, 15) is 0 Å². The molecule has 16 heavy (non-hydrogen) atoms. The third kappa shape index (κ3) is 5.31. The zero-order valence-electron chi connectivity index (χ0n) is 10.9. The quantitative estimate of drug-likeness (QED) is 0.687. The van der Waals surface area contributed by atoms with Gasteiger partial charge in [0.05, 0.1) is 6.20 Å². The van der Waals surface area contributed by atoms with Gasteiger partial charge >= 0.3 is 0 Å². The third-order valence-electron chi connectivity index (χ3n) is 2.78. The molecule has 1 rings (SSSR count). The monoisotopic (exact) mass is 223 g/mol. The fourth-order valence-electron chi connectivity index (χ4n) is 1.81. The molecule has 0 fully saturated rings. The van der Waals surface area contributed by atoms with E-state index in [4.69, 9.17) is 0 Å². The van der Waals surface area contributed by atoms with Crippen LogP contribution in [0.3, 0.4) is 0 Å². The summed E-state index contributed by atoms with van der Waals surface area (Å²) in [6.07, 6.45) is 9.01. The lowest BCUT2D eigenvalue weighted by molar-refractivity contribution is 0.466. The van der Waals surface area contributed by atoms with Crippen molar-refractivity contribution in [3.63, 3.8) is 0 Å². The van der Waals surface area contributed by atoms with Crippen molar-refractivity contribution < 1.29 is 0 Å². The van der Waals surface area contributed by atoms with Crippen LogP contribution < -0.4 is 5.32 Å². The Morgan fingerprint density at radius 3 is 2.88 bits per heavy atom. The maximum Gasteiger partial charge on any atom is 0.0518 e. The van der Waals surface area contributed by atoms with E-state index in [0.717, 1.165) is 13.1 Å². The zero-order chi connectivity index (χ0) is 11.8. The van der Waals surface area contributed by atoms with Gasteiger partial charge in [0.25, 0.3) is 0 Å². The Morgan fingerprint density at radius 1 is 1.44 bits per heavy atom. The lowest BCUT2D eigenvalue weighted by Crippen LogP contribution is -2.26. The van der Waals surface area contributed by atoms with Crippen molar-refractivity contribution in [3.8, 4) is 0 Å². The highest BCUT2D eigenvalue weighted by Crippen LogP contribution is 2.03. The van der Waals surface area contributed by atoms with Gasteiger partial charge in [-0.25, -0.2) is 0 Å². The van der Waals surface area contributed by atoms with Gasteiger partial charge in [-0.05, 0) is 45.2 Å². The maximum atomic E-state index is 4.28. The lowest BCUT2D eigenvalue weighted by Gasteiger charge is -2.12. The molecule has 1 atom stereocenters. The van der Waals surface area contributed by atoms with Gasteiger partial charge in [-0.2, -0.15) is 5.10 Å². The highest BCUT2D eigenvalue weighted by Gasteiger charge is 2.00. The van der Waals surface area contributed by atoms with Crippen molar-refractivity contribution in [2.24, 2.45) is 0 Å². The first kappa shape index (κ1) is 13.2. The van der Waals surface area contributed by atoms with E-state index in [1.165, 1.54) is 31.2 Å². The molecule has 3 heteroatoms. The number of aryl methyl sites for hydroxylation is 2. The zero-order valence-corrected chi connectivity index (χ0v) is 10.9. The molecule has 1 heterocycles. The highest BCUT2D eigenvalue weighted by atomic mass is 15.3. The summed E-state index contributed by atoms with van der Waals surface area (Å²) in [6.45, 7) is 8.75. The van der Waals surface area contributed by atoms with Gasteiger partial charge in [-0.1, -0.05) is 13.3 Å².